The summed E-state index contributed by atoms with van der Waals surface area (Å²) in [6.45, 7) is 1.95. The zero-order chi connectivity index (χ0) is 29.6. The van der Waals surface area contributed by atoms with E-state index in [9.17, 15) is 31.9 Å². The van der Waals surface area contributed by atoms with E-state index in [1.54, 1.807) is 72.8 Å². The minimum atomic E-state index is -4.19. The van der Waals surface area contributed by atoms with Gasteiger partial charge >= 0.3 is 5.97 Å². The zero-order valence-corrected chi connectivity index (χ0v) is 23.6. The van der Waals surface area contributed by atoms with E-state index in [4.69, 9.17) is 0 Å². The van der Waals surface area contributed by atoms with Crippen LogP contribution in [0.1, 0.15) is 40.8 Å². The molecule has 0 bridgehead atoms. The van der Waals surface area contributed by atoms with E-state index < -0.39 is 27.7 Å². The fourth-order valence-electron chi connectivity index (χ4n) is 4.37. The van der Waals surface area contributed by atoms with Crippen LogP contribution in [0.25, 0.3) is 11.1 Å². The molecule has 1 heterocycles. The number of hydrogen-bond donors (Lipinski definition) is 2. The monoisotopic (exact) mass is 599 g/mol. The molecule has 4 aromatic rings. The predicted octanol–water partition coefficient (Wildman–Crippen LogP) is 5.61. The number of nitrogens with one attached hydrogen (secondary N) is 1. The van der Waals surface area contributed by atoms with Crippen molar-refractivity contribution in [1.29, 1.82) is 0 Å². The molecule has 0 fully saturated rings. The van der Waals surface area contributed by atoms with Gasteiger partial charge in [-0.2, -0.15) is 8.78 Å². The second kappa shape index (κ2) is 13.1. The molecule has 0 spiro atoms. The maximum atomic E-state index is 13.2. The molecule has 8 nitrogen and oxygen atoms in total. The zero-order valence-electron chi connectivity index (χ0n) is 22.0. The molecule has 0 saturated heterocycles. The summed E-state index contributed by atoms with van der Waals surface area (Å²) in [5.41, 5.74) is 1.96. The Bertz CT molecular complexity index is 1640. The Morgan fingerprint density at radius 1 is 0.976 bits per heavy atom. The van der Waals surface area contributed by atoms with Crippen molar-refractivity contribution in [2.45, 2.75) is 48.4 Å². The van der Waals surface area contributed by atoms with E-state index in [1.165, 1.54) is 10.6 Å². The highest BCUT2D eigenvalue weighted by molar-refractivity contribution is 7.99. The largest absolute Gasteiger partial charge is 0.476 e. The SMILES string of the molecule is CCCc1nc(SC(F)F)c(C(=O)O)n1Cc1ccc(-c2ccccc2S(=O)(=O)NC(=O)Cc2ccccc2)cc1. The summed E-state index contributed by atoms with van der Waals surface area (Å²) < 4.78 is 56.0. The number of imidazole rings is 1. The molecular weight excluding hydrogens is 572 g/mol. The molecule has 4 rings (SSSR count). The Morgan fingerprint density at radius 2 is 1.63 bits per heavy atom. The average molecular weight is 600 g/mol. The first-order valence-corrected chi connectivity index (χ1v) is 15.0. The van der Waals surface area contributed by atoms with Gasteiger partial charge in [0.2, 0.25) is 5.91 Å². The number of hydrogen-bond acceptors (Lipinski definition) is 6. The van der Waals surface area contributed by atoms with Crippen molar-refractivity contribution in [2.24, 2.45) is 0 Å². The number of carboxylic acids is 1. The summed E-state index contributed by atoms with van der Waals surface area (Å²) in [6, 6.07) is 21.8. The Morgan fingerprint density at radius 3 is 2.27 bits per heavy atom. The van der Waals surface area contributed by atoms with Crippen LogP contribution in [0, 0.1) is 0 Å². The van der Waals surface area contributed by atoms with E-state index in [0.29, 0.717) is 40.9 Å². The first-order chi connectivity index (χ1) is 19.6. The topological polar surface area (TPSA) is 118 Å². The van der Waals surface area contributed by atoms with Gasteiger partial charge in [-0.15, -0.1) is 0 Å². The normalized spacial score (nSPS) is 11.5. The molecule has 41 heavy (non-hydrogen) atoms. The lowest BCUT2D eigenvalue weighted by Gasteiger charge is -2.13. The van der Waals surface area contributed by atoms with Gasteiger partial charge < -0.3 is 9.67 Å². The third kappa shape index (κ3) is 7.39. The van der Waals surface area contributed by atoms with Crippen LogP contribution in [-0.2, 0) is 34.2 Å². The van der Waals surface area contributed by atoms with E-state index in [0.717, 1.165) is 0 Å². The molecule has 0 aliphatic carbocycles. The van der Waals surface area contributed by atoms with Crippen molar-refractivity contribution in [3.8, 4) is 11.1 Å². The molecule has 0 saturated carbocycles. The van der Waals surface area contributed by atoms with Gasteiger partial charge in [-0.25, -0.2) is 22.9 Å². The summed E-state index contributed by atoms with van der Waals surface area (Å²) in [6.07, 6.45) is 0.950. The number of alkyl halides is 2. The van der Waals surface area contributed by atoms with Crippen molar-refractivity contribution in [1.82, 2.24) is 14.3 Å². The maximum absolute atomic E-state index is 13.2. The molecule has 1 aromatic heterocycles. The Hall–Kier alpha value is -4.03. The molecule has 214 valence electrons. The van der Waals surface area contributed by atoms with Crippen molar-refractivity contribution < 1.29 is 31.9 Å². The summed E-state index contributed by atoms with van der Waals surface area (Å²) >= 11 is 0.0998. The Balaban J connectivity index is 1.60. The Kier molecular flexibility index (Phi) is 9.56. The number of carbonyl (C=O) groups is 2. The number of carbonyl (C=O) groups excluding carboxylic acids is 1. The molecule has 1 amide bonds. The number of nitrogens with zero attached hydrogens (tertiary/aromatic N) is 2. The first kappa shape index (κ1) is 29.9. The van der Waals surface area contributed by atoms with Gasteiger partial charge in [-0.05, 0) is 40.9 Å². The van der Waals surface area contributed by atoms with E-state index in [-0.39, 0.29) is 40.3 Å². The van der Waals surface area contributed by atoms with Crippen molar-refractivity contribution >= 4 is 33.7 Å². The van der Waals surface area contributed by atoms with E-state index >= 15 is 0 Å². The first-order valence-electron chi connectivity index (χ1n) is 12.6. The van der Waals surface area contributed by atoms with Gasteiger partial charge in [0.05, 0.1) is 11.3 Å². The molecule has 12 heteroatoms. The molecule has 0 radical (unpaired) electrons. The summed E-state index contributed by atoms with van der Waals surface area (Å²) in [4.78, 5) is 28.6. The number of thioether (sulfide) groups is 1. The number of aromatic nitrogens is 2. The Labute approximate surface area is 240 Å². The highest BCUT2D eigenvalue weighted by Crippen LogP contribution is 2.31. The summed E-state index contributed by atoms with van der Waals surface area (Å²) in [7, 11) is -4.19. The highest BCUT2D eigenvalue weighted by Gasteiger charge is 2.26. The highest BCUT2D eigenvalue weighted by atomic mass is 32.2. The number of halogens is 2. The average Bonchev–Trinajstić information content (AvgIpc) is 3.25. The third-order valence-electron chi connectivity index (χ3n) is 6.13. The second-order valence-corrected chi connectivity index (χ2v) is 11.7. The van der Waals surface area contributed by atoms with Crippen LogP contribution < -0.4 is 4.72 Å². The van der Waals surface area contributed by atoms with Crippen molar-refractivity contribution in [2.75, 3.05) is 0 Å². The number of aromatic carboxylic acids is 1. The summed E-state index contributed by atoms with van der Waals surface area (Å²) in [5.74, 6) is -4.44. The second-order valence-electron chi connectivity index (χ2n) is 9.09. The fraction of sp³-hybridized carbons (Fsp3) is 0.207. The van der Waals surface area contributed by atoms with Crippen LogP contribution in [0.15, 0.2) is 88.8 Å². The molecule has 0 atom stereocenters. The molecular formula is C29H27F2N3O5S2. The van der Waals surface area contributed by atoms with Crippen LogP contribution >= 0.6 is 11.8 Å². The predicted molar refractivity (Wildman–Crippen MR) is 151 cm³/mol. The molecule has 0 aliphatic heterocycles. The van der Waals surface area contributed by atoms with Gasteiger partial charge in [0.25, 0.3) is 15.8 Å². The van der Waals surface area contributed by atoms with Crippen molar-refractivity contribution in [3.63, 3.8) is 0 Å². The van der Waals surface area contributed by atoms with Gasteiger partial charge in [0.1, 0.15) is 10.9 Å². The van der Waals surface area contributed by atoms with Crippen LogP contribution in [0.4, 0.5) is 8.78 Å². The minimum Gasteiger partial charge on any atom is -0.476 e. The number of rotatable bonds is 12. The maximum Gasteiger partial charge on any atom is 0.355 e. The minimum absolute atomic E-state index is 0.0729. The van der Waals surface area contributed by atoms with Gasteiger partial charge in [0, 0.05) is 18.5 Å². The lowest BCUT2D eigenvalue weighted by Crippen LogP contribution is -2.32. The quantitative estimate of drug-likeness (QED) is 0.203. The number of benzene rings is 3. The molecule has 2 N–H and O–H groups in total. The van der Waals surface area contributed by atoms with E-state index in [1.807, 2.05) is 6.92 Å². The van der Waals surface area contributed by atoms with E-state index in [2.05, 4.69) is 9.71 Å². The lowest BCUT2D eigenvalue weighted by atomic mass is 10.0. The van der Waals surface area contributed by atoms with Gasteiger partial charge in [-0.3, -0.25) is 4.79 Å². The van der Waals surface area contributed by atoms with Crippen LogP contribution in [0.5, 0.6) is 0 Å². The number of aryl methyl sites for hydroxylation is 1. The van der Waals surface area contributed by atoms with Crippen LogP contribution in [0.3, 0.4) is 0 Å². The van der Waals surface area contributed by atoms with Crippen molar-refractivity contribution in [3.05, 3.63) is 102 Å². The standard InChI is InChI=1S/C29H27F2N3O5S2/c1-2-8-24-32-27(40-29(30)31)26(28(36)37)34(24)18-20-13-15-21(16-14-20)22-11-6-7-12-23(22)41(38,39)33-25(35)17-19-9-4-3-5-10-19/h3-7,9-16,29H,2,8,17-18H2,1H3,(H,33,35)(H,36,37). The fourth-order valence-corrected chi connectivity index (χ4v) is 6.22. The molecule has 0 aliphatic rings. The molecule has 3 aromatic carbocycles. The summed E-state index contributed by atoms with van der Waals surface area (Å²) in [5, 5.41) is 9.52. The van der Waals surface area contributed by atoms with Crippen LogP contribution in [0.2, 0.25) is 0 Å². The number of amides is 1. The number of sulfonamides is 1. The van der Waals surface area contributed by atoms with Gasteiger partial charge in [0.15, 0.2) is 5.69 Å². The van der Waals surface area contributed by atoms with Gasteiger partial charge in [-0.1, -0.05) is 79.7 Å². The van der Waals surface area contributed by atoms with Crippen LogP contribution in [-0.4, -0.2) is 40.7 Å². The lowest BCUT2D eigenvalue weighted by molar-refractivity contribution is -0.118. The third-order valence-corrected chi connectivity index (χ3v) is 8.25. The smallest absolute Gasteiger partial charge is 0.355 e. The number of carboxylic acid groups (broad SMARTS) is 1. The molecule has 0 unspecified atom stereocenters.